The van der Waals surface area contributed by atoms with Crippen molar-refractivity contribution >= 4 is 11.4 Å². The van der Waals surface area contributed by atoms with Crippen LogP contribution < -0.4 is 11.5 Å². The number of aryl methyl sites for hydroxylation is 1. The quantitative estimate of drug-likeness (QED) is 0.669. The minimum atomic E-state index is 0.373. The first-order chi connectivity index (χ1) is 9.11. The lowest BCUT2D eigenvalue weighted by atomic mass is 10.2. The topological polar surface area (TPSA) is 109 Å². The standard InChI is InChI=1S/C12H12N6O/c1-18-6-8(5-15-18)11-16-12(19-17-11)7-2-9(13)4-10(14)3-7/h2-6H,13-14H2,1H3. The van der Waals surface area contributed by atoms with Crippen molar-refractivity contribution < 1.29 is 4.52 Å². The Morgan fingerprint density at radius 3 is 2.47 bits per heavy atom. The lowest BCUT2D eigenvalue weighted by Crippen LogP contribution is -1.91. The number of aromatic nitrogens is 4. The summed E-state index contributed by atoms with van der Waals surface area (Å²) < 4.78 is 6.89. The van der Waals surface area contributed by atoms with E-state index < -0.39 is 0 Å². The average molecular weight is 256 g/mol. The molecule has 0 bridgehead atoms. The number of rotatable bonds is 2. The minimum absolute atomic E-state index is 0.373. The molecule has 1 aromatic carbocycles. The molecule has 7 heteroatoms. The van der Waals surface area contributed by atoms with Crippen molar-refractivity contribution in [2.45, 2.75) is 0 Å². The lowest BCUT2D eigenvalue weighted by molar-refractivity contribution is 0.432. The van der Waals surface area contributed by atoms with Crippen LogP contribution in [0.3, 0.4) is 0 Å². The highest BCUT2D eigenvalue weighted by Gasteiger charge is 2.12. The van der Waals surface area contributed by atoms with Gasteiger partial charge in [0, 0.05) is 30.2 Å². The third-order valence-corrected chi connectivity index (χ3v) is 2.61. The van der Waals surface area contributed by atoms with Crippen LogP contribution in [0.5, 0.6) is 0 Å². The zero-order valence-electron chi connectivity index (χ0n) is 10.2. The molecule has 0 aliphatic carbocycles. The second-order valence-corrected chi connectivity index (χ2v) is 4.21. The van der Waals surface area contributed by atoms with E-state index >= 15 is 0 Å². The molecule has 96 valence electrons. The van der Waals surface area contributed by atoms with Crippen LogP contribution in [0.4, 0.5) is 11.4 Å². The number of hydrogen-bond donors (Lipinski definition) is 2. The number of nitrogen functional groups attached to an aromatic ring is 2. The van der Waals surface area contributed by atoms with Gasteiger partial charge in [0.15, 0.2) is 0 Å². The van der Waals surface area contributed by atoms with Gasteiger partial charge in [-0.1, -0.05) is 5.16 Å². The number of anilines is 2. The fourth-order valence-electron chi connectivity index (χ4n) is 1.79. The molecule has 3 aromatic rings. The van der Waals surface area contributed by atoms with Gasteiger partial charge in [0.25, 0.3) is 5.89 Å². The van der Waals surface area contributed by atoms with E-state index in [2.05, 4.69) is 15.2 Å². The first-order valence-electron chi connectivity index (χ1n) is 5.61. The zero-order chi connectivity index (χ0) is 13.4. The molecule has 0 fully saturated rings. The molecular weight excluding hydrogens is 244 g/mol. The molecule has 2 aromatic heterocycles. The Labute approximate surface area is 108 Å². The molecule has 0 aliphatic rings. The number of nitrogens with two attached hydrogens (primary N) is 2. The predicted molar refractivity (Wildman–Crippen MR) is 70.8 cm³/mol. The number of hydrogen-bond acceptors (Lipinski definition) is 6. The predicted octanol–water partition coefficient (Wildman–Crippen LogP) is 1.30. The van der Waals surface area contributed by atoms with Crippen LogP contribution in [-0.2, 0) is 7.05 Å². The van der Waals surface area contributed by atoms with E-state index in [1.807, 2.05) is 13.2 Å². The average Bonchev–Trinajstić information content (AvgIpc) is 2.95. The SMILES string of the molecule is Cn1cc(-c2noc(-c3cc(N)cc(N)c3)n2)cn1. The molecule has 0 radical (unpaired) electrons. The van der Waals surface area contributed by atoms with Gasteiger partial charge in [-0.25, -0.2) is 0 Å². The molecule has 0 aliphatic heterocycles. The van der Waals surface area contributed by atoms with Crippen LogP contribution in [0.1, 0.15) is 0 Å². The molecule has 0 atom stereocenters. The summed E-state index contributed by atoms with van der Waals surface area (Å²) in [6.07, 6.45) is 3.48. The van der Waals surface area contributed by atoms with Gasteiger partial charge in [-0.15, -0.1) is 0 Å². The van der Waals surface area contributed by atoms with Crippen LogP contribution in [0.25, 0.3) is 22.8 Å². The van der Waals surface area contributed by atoms with E-state index in [9.17, 15) is 0 Å². The fourth-order valence-corrected chi connectivity index (χ4v) is 1.79. The summed E-state index contributed by atoms with van der Waals surface area (Å²) >= 11 is 0. The summed E-state index contributed by atoms with van der Waals surface area (Å²) in [5.74, 6) is 0.849. The van der Waals surface area contributed by atoms with Crippen molar-refractivity contribution in [3.05, 3.63) is 30.6 Å². The lowest BCUT2D eigenvalue weighted by Gasteiger charge is -1.99. The summed E-state index contributed by atoms with van der Waals surface area (Å²) in [6, 6.07) is 5.13. The van der Waals surface area contributed by atoms with E-state index in [-0.39, 0.29) is 0 Å². The van der Waals surface area contributed by atoms with Gasteiger partial charge >= 0.3 is 0 Å². The molecule has 0 saturated heterocycles. The van der Waals surface area contributed by atoms with Crippen LogP contribution in [0.2, 0.25) is 0 Å². The van der Waals surface area contributed by atoms with Gasteiger partial charge in [-0.3, -0.25) is 4.68 Å². The van der Waals surface area contributed by atoms with E-state index in [1.165, 1.54) is 0 Å². The summed E-state index contributed by atoms with van der Waals surface area (Å²) in [5, 5.41) is 7.97. The first-order valence-corrected chi connectivity index (χ1v) is 5.61. The maximum atomic E-state index is 5.73. The maximum absolute atomic E-state index is 5.73. The second-order valence-electron chi connectivity index (χ2n) is 4.21. The van der Waals surface area contributed by atoms with Gasteiger partial charge in [0.2, 0.25) is 5.82 Å². The van der Waals surface area contributed by atoms with Crippen molar-refractivity contribution in [3.8, 4) is 22.8 Å². The van der Waals surface area contributed by atoms with Crippen LogP contribution in [0, 0.1) is 0 Å². The summed E-state index contributed by atoms with van der Waals surface area (Å²) in [6.45, 7) is 0. The Hall–Kier alpha value is -2.83. The monoisotopic (exact) mass is 256 g/mol. The number of benzene rings is 1. The Morgan fingerprint density at radius 1 is 1.11 bits per heavy atom. The largest absolute Gasteiger partial charge is 0.399 e. The van der Waals surface area contributed by atoms with E-state index in [0.717, 1.165) is 5.56 Å². The summed E-state index contributed by atoms with van der Waals surface area (Å²) in [7, 11) is 1.82. The van der Waals surface area contributed by atoms with Crippen LogP contribution >= 0.6 is 0 Å². The van der Waals surface area contributed by atoms with Crippen molar-refractivity contribution in [3.63, 3.8) is 0 Å². The van der Waals surface area contributed by atoms with Gasteiger partial charge in [0.05, 0.1) is 11.8 Å². The van der Waals surface area contributed by atoms with Crippen LogP contribution in [0.15, 0.2) is 35.1 Å². The smallest absolute Gasteiger partial charge is 0.258 e. The molecule has 0 spiro atoms. The Balaban J connectivity index is 2.01. The molecule has 0 saturated carbocycles. The van der Waals surface area contributed by atoms with Gasteiger partial charge < -0.3 is 16.0 Å². The van der Waals surface area contributed by atoms with Gasteiger partial charge in [-0.05, 0) is 18.2 Å². The number of nitrogens with zero attached hydrogens (tertiary/aromatic N) is 4. The van der Waals surface area contributed by atoms with Crippen molar-refractivity contribution in [2.75, 3.05) is 11.5 Å². The van der Waals surface area contributed by atoms with E-state index in [4.69, 9.17) is 16.0 Å². The summed E-state index contributed by atoms with van der Waals surface area (Å²) in [4.78, 5) is 4.30. The molecular formula is C12H12N6O. The Morgan fingerprint density at radius 2 is 1.84 bits per heavy atom. The molecule has 0 unspecified atom stereocenters. The Kier molecular flexibility index (Phi) is 2.45. The van der Waals surface area contributed by atoms with Gasteiger partial charge in [-0.2, -0.15) is 10.1 Å². The molecule has 3 rings (SSSR count). The van der Waals surface area contributed by atoms with E-state index in [1.54, 1.807) is 29.1 Å². The fraction of sp³-hybridized carbons (Fsp3) is 0.0833. The highest BCUT2D eigenvalue weighted by atomic mass is 16.5. The highest BCUT2D eigenvalue weighted by molar-refractivity contribution is 5.68. The maximum Gasteiger partial charge on any atom is 0.258 e. The minimum Gasteiger partial charge on any atom is -0.399 e. The molecule has 7 nitrogen and oxygen atoms in total. The van der Waals surface area contributed by atoms with E-state index in [0.29, 0.717) is 28.7 Å². The highest BCUT2D eigenvalue weighted by Crippen LogP contribution is 2.25. The third-order valence-electron chi connectivity index (χ3n) is 2.61. The van der Waals surface area contributed by atoms with Gasteiger partial charge in [0.1, 0.15) is 0 Å². The second kappa shape index (κ2) is 4.13. The summed E-state index contributed by atoms with van der Waals surface area (Å²) in [5.41, 5.74) is 14.1. The zero-order valence-corrected chi connectivity index (χ0v) is 10.2. The third kappa shape index (κ3) is 2.13. The normalized spacial score (nSPS) is 10.8. The molecule has 2 heterocycles. The van der Waals surface area contributed by atoms with Crippen LogP contribution in [-0.4, -0.2) is 19.9 Å². The molecule has 0 amide bonds. The van der Waals surface area contributed by atoms with Crippen molar-refractivity contribution in [1.82, 2.24) is 19.9 Å². The Bertz CT molecular complexity index is 709. The van der Waals surface area contributed by atoms with Crippen molar-refractivity contribution in [1.29, 1.82) is 0 Å². The first kappa shape index (κ1) is 11.3. The molecule has 19 heavy (non-hydrogen) atoms. The molecule has 4 N–H and O–H groups in total. The van der Waals surface area contributed by atoms with Crippen molar-refractivity contribution in [2.24, 2.45) is 7.05 Å².